The highest BCUT2D eigenvalue weighted by molar-refractivity contribution is 8.16. The lowest BCUT2D eigenvalue weighted by molar-refractivity contribution is -0.121. The Kier molecular flexibility index (Phi) is 8.95. The zero-order valence-electron chi connectivity index (χ0n) is 21.2. The summed E-state index contributed by atoms with van der Waals surface area (Å²) in [6, 6.07) is 19.6. The Morgan fingerprint density at radius 2 is 1.74 bits per heavy atom. The van der Waals surface area contributed by atoms with E-state index in [2.05, 4.69) is 15.5 Å². The van der Waals surface area contributed by atoms with Gasteiger partial charge in [-0.2, -0.15) is 5.10 Å². The number of ether oxygens (including phenoxy) is 2. The number of thioether (sulfide) groups is 1. The summed E-state index contributed by atoms with van der Waals surface area (Å²) in [6.45, 7) is 1.99. The monoisotopic (exact) mass is 546 g/mol. The molecular weight excluding hydrogens is 520 g/mol. The highest BCUT2D eigenvalue weighted by Gasteiger charge is 2.40. The van der Waals surface area contributed by atoms with Crippen molar-refractivity contribution >= 4 is 52.3 Å². The Bertz CT molecular complexity index is 1390. The molecule has 0 saturated carbocycles. The van der Waals surface area contributed by atoms with Crippen LogP contribution in [0.2, 0.25) is 0 Å². The fourth-order valence-corrected chi connectivity index (χ4v) is 4.72. The molecule has 1 saturated heterocycles. The predicted molar refractivity (Wildman–Crippen MR) is 151 cm³/mol. The lowest BCUT2D eigenvalue weighted by Crippen LogP contribution is -2.33. The van der Waals surface area contributed by atoms with Gasteiger partial charge < -0.3 is 19.9 Å². The van der Waals surface area contributed by atoms with Crippen LogP contribution < -0.4 is 15.0 Å². The van der Waals surface area contributed by atoms with Crippen LogP contribution in [-0.4, -0.2) is 53.2 Å². The van der Waals surface area contributed by atoms with Gasteiger partial charge >= 0.3 is 5.97 Å². The number of hydrogen-bond acceptors (Lipinski definition) is 9. The molecule has 0 bridgehead atoms. The maximum absolute atomic E-state index is 13.3. The summed E-state index contributed by atoms with van der Waals surface area (Å²) >= 11 is 1.13. The molecule has 200 valence electrons. The minimum atomic E-state index is -0.743. The molecule has 1 aliphatic heterocycles. The van der Waals surface area contributed by atoms with Gasteiger partial charge in [0.1, 0.15) is 16.7 Å². The molecule has 3 aromatic carbocycles. The van der Waals surface area contributed by atoms with Crippen molar-refractivity contribution in [2.45, 2.75) is 18.6 Å². The number of methoxy groups -OCH3 is 1. The molecule has 0 spiro atoms. The van der Waals surface area contributed by atoms with Crippen LogP contribution in [0.5, 0.6) is 11.5 Å². The third-order valence-electron chi connectivity index (χ3n) is 5.56. The number of amides is 2. The molecule has 1 atom stereocenters. The molecule has 3 aromatic rings. The van der Waals surface area contributed by atoms with Crippen molar-refractivity contribution in [2.24, 2.45) is 10.2 Å². The Morgan fingerprint density at radius 3 is 2.38 bits per heavy atom. The van der Waals surface area contributed by atoms with Gasteiger partial charge in [0, 0.05) is 12.1 Å². The second-order valence-electron chi connectivity index (χ2n) is 8.25. The molecule has 4 rings (SSSR count). The number of esters is 1. The number of hydrogen-bond donors (Lipinski definition) is 2. The summed E-state index contributed by atoms with van der Waals surface area (Å²) in [5.74, 6) is -0.390. The molecular formula is C28H26N4O6S. The number of phenols is 1. The number of rotatable bonds is 9. The van der Waals surface area contributed by atoms with Gasteiger partial charge in [-0.25, -0.2) is 4.79 Å². The fraction of sp³-hybridized carbons (Fsp3) is 0.179. The topological polar surface area (TPSA) is 130 Å². The number of aromatic hydroxyl groups is 1. The molecule has 1 unspecified atom stereocenters. The molecule has 10 nitrogen and oxygen atoms in total. The van der Waals surface area contributed by atoms with Crippen molar-refractivity contribution in [1.29, 1.82) is 0 Å². The van der Waals surface area contributed by atoms with E-state index < -0.39 is 11.2 Å². The van der Waals surface area contributed by atoms with Crippen molar-refractivity contribution in [3.8, 4) is 11.5 Å². The summed E-state index contributed by atoms with van der Waals surface area (Å²) in [5.41, 5.74) is 2.13. The summed E-state index contributed by atoms with van der Waals surface area (Å²) < 4.78 is 10.1. The summed E-state index contributed by atoms with van der Waals surface area (Å²) in [4.78, 5) is 39.3. The molecule has 1 fully saturated rings. The average molecular weight is 547 g/mol. The van der Waals surface area contributed by atoms with Gasteiger partial charge in [-0.05, 0) is 85.3 Å². The van der Waals surface area contributed by atoms with Crippen LogP contribution in [0.4, 0.5) is 11.4 Å². The molecule has 0 aliphatic carbocycles. The van der Waals surface area contributed by atoms with Gasteiger partial charge in [0.05, 0.1) is 31.2 Å². The number of carbonyl (C=O) groups is 3. The molecule has 11 heteroatoms. The zero-order chi connectivity index (χ0) is 27.8. The maximum Gasteiger partial charge on any atom is 0.338 e. The van der Waals surface area contributed by atoms with E-state index in [9.17, 15) is 19.5 Å². The second kappa shape index (κ2) is 12.7. The highest BCUT2D eigenvalue weighted by atomic mass is 32.2. The summed E-state index contributed by atoms with van der Waals surface area (Å²) in [7, 11) is 1.58. The fourth-order valence-electron chi connectivity index (χ4n) is 3.62. The van der Waals surface area contributed by atoms with Crippen molar-refractivity contribution in [2.75, 3.05) is 23.9 Å². The maximum atomic E-state index is 13.3. The van der Waals surface area contributed by atoms with Crippen molar-refractivity contribution in [1.82, 2.24) is 0 Å². The predicted octanol–water partition coefficient (Wildman–Crippen LogP) is 4.44. The van der Waals surface area contributed by atoms with E-state index in [1.807, 2.05) is 12.1 Å². The Labute approximate surface area is 229 Å². The first-order valence-corrected chi connectivity index (χ1v) is 12.9. The molecule has 2 amide bonds. The first kappa shape index (κ1) is 27.4. The minimum Gasteiger partial charge on any atom is -0.508 e. The van der Waals surface area contributed by atoms with E-state index in [1.54, 1.807) is 68.8 Å². The van der Waals surface area contributed by atoms with Crippen molar-refractivity contribution in [3.05, 3.63) is 83.9 Å². The number of amidine groups is 1. The van der Waals surface area contributed by atoms with E-state index in [0.29, 0.717) is 27.9 Å². The number of nitrogens with one attached hydrogen (secondary N) is 1. The number of nitrogens with zero attached hydrogens (tertiary/aromatic N) is 3. The van der Waals surface area contributed by atoms with Gasteiger partial charge in [0.2, 0.25) is 11.8 Å². The lowest BCUT2D eigenvalue weighted by Gasteiger charge is -2.16. The zero-order valence-corrected chi connectivity index (χ0v) is 22.1. The molecule has 0 radical (unpaired) electrons. The van der Waals surface area contributed by atoms with Crippen molar-refractivity contribution < 1.29 is 29.0 Å². The first-order valence-electron chi connectivity index (χ1n) is 12.0. The summed E-state index contributed by atoms with van der Waals surface area (Å²) in [5, 5.41) is 20.4. The van der Waals surface area contributed by atoms with Crippen molar-refractivity contribution in [3.63, 3.8) is 0 Å². The summed E-state index contributed by atoms with van der Waals surface area (Å²) in [6.07, 6.45) is 1.44. The largest absolute Gasteiger partial charge is 0.508 e. The standard InChI is InChI=1S/C28H26N4O6S/c1-3-38-27(36)19-6-8-20(9-7-19)30-25(34)16-24-26(35)32(21-10-12-22(33)13-11-21)28(39-24)31-29-17-18-4-14-23(37-2)15-5-18/h4-15,17,24,33H,3,16H2,1-2H3,(H,30,34). The molecule has 0 aromatic heterocycles. The molecule has 39 heavy (non-hydrogen) atoms. The van der Waals surface area contributed by atoms with E-state index in [-0.39, 0.29) is 30.6 Å². The lowest BCUT2D eigenvalue weighted by atomic mass is 10.2. The number of benzene rings is 3. The first-order chi connectivity index (χ1) is 18.9. The second-order valence-corrected chi connectivity index (χ2v) is 9.42. The third-order valence-corrected chi connectivity index (χ3v) is 6.69. The van der Waals surface area contributed by atoms with Crippen LogP contribution in [-0.2, 0) is 14.3 Å². The van der Waals surface area contributed by atoms with Gasteiger partial charge in [0.15, 0.2) is 5.17 Å². The van der Waals surface area contributed by atoms with Crippen LogP contribution in [0, 0.1) is 0 Å². The third kappa shape index (κ3) is 7.02. The van der Waals surface area contributed by atoms with Gasteiger partial charge in [0.25, 0.3) is 0 Å². The average Bonchev–Trinajstić information content (AvgIpc) is 3.24. The number of carbonyl (C=O) groups excluding carboxylic acids is 3. The van der Waals surface area contributed by atoms with E-state index in [1.165, 1.54) is 17.0 Å². The number of phenolic OH excluding ortho intramolecular Hbond substituents is 1. The molecule has 1 heterocycles. The Balaban J connectivity index is 1.48. The quantitative estimate of drug-likeness (QED) is 0.230. The number of anilines is 2. The molecule has 1 aliphatic rings. The Hall–Kier alpha value is -4.64. The normalized spacial score (nSPS) is 16.1. The van der Waals surface area contributed by atoms with Crippen LogP contribution in [0.1, 0.15) is 29.3 Å². The molecule has 2 N–H and O–H groups in total. The van der Waals surface area contributed by atoms with E-state index in [4.69, 9.17) is 9.47 Å². The van der Waals surface area contributed by atoms with E-state index in [0.717, 1.165) is 17.3 Å². The van der Waals surface area contributed by atoms with Gasteiger partial charge in [-0.1, -0.05) is 11.8 Å². The SMILES string of the molecule is CCOC(=O)c1ccc(NC(=O)CC2SC(=NN=Cc3ccc(OC)cc3)N(c3ccc(O)cc3)C2=O)cc1. The minimum absolute atomic E-state index is 0.0546. The smallest absolute Gasteiger partial charge is 0.338 e. The van der Waals surface area contributed by atoms with Crippen LogP contribution in [0.25, 0.3) is 0 Å². The highest BCUT2D eigenvalue weighted by Crippen LogP contribution is 2.34. The van der Waals surface area contributed by atoms with E-state index >= 15 is 0 Å². The van der Waals surface area contributed by atoms with Crippen LogP contribution in [0.15, 0.2) is 83.0 Å². The van der Waals surface area contributed by atoms with Gasteiger partial charge in [-0.15, -0.1) is 5.10 Å². The van der Waals surface area contributed by atoms with Gasteiger partial charge in [-0.3, -0.25) is 14.5 Å². The van der Waals surface area contributed by atoms with Crippen LogP contribution >= 0.6 is 11.8 Å². The van der Waals surface area contributed by atoms with Crippen LogP contribution in [0.3, 0.4) is 0 Å². The Morgan fingerprint density at radius 1 is 1.05 bits per heavy atom.